The summed E-state index contributed by atoms with van der Waals surface area (Å²) in [6.45, 7) is 0.510. The maximum atomic E-state index is 12.9. The van der Waals surface area contributed by atoms with E-state index >= 15 is 0 Å². The van der Waals surface area contributed by atoms with E-state index in [4.69, 9.17) is 5.73 Å². The summed E-state index contributed by atoms with van der Waals surface area (Å²) >= 11 is 0. The molecule has 0 spiro atoms. The van der Waals surface area contributed by atoms with E-state index in [2.05, 4.69) is 15.3 Å². The molecule has 1 heterocycles. The Balaban J connectivity index is 1.81. The van der Waals surface area contributed by atoms with Gasteiger partial charge >= 0.3 is 0 Å². The number of rotatable bonds is 5. The van der Waals surface area contributed by atoms with Crippen molar-refractivity contribution in [3.8, 4) is 0 Å². The number of hydrogen-bond acceptors (Lipinski definition) is 3. The highest BCUT2D eigenvalue weighted by molar-refractivity contribution is 5.99. The highest BCUT2D eigenvalue weighted by Gasteiger charge is 2.09. The molecule has 6 heteroatoms. The first-order valence-corrected chi connectivity index (χ1v) is 5.98. The van der Waals surface area contributed by atoms with E-state index in [1.165, 1.54) is 12.1 Å². The molecule has 2 rings (SSSR count). The van der Waals surface area contributed by atoms with Crippen molar-refractivity contribution in [1.29, 1.82) is 0 Å². The Labute approximate surface area is 110 Å². The van der Waals surface area contributed by atoms with E-state index in [0.29, 0.717) is 12.1 Å². The number of nitrogens with zero attached hydrogens (tertiary/aromatic N) is 1. The predicted molar refractivity (Wildman–Crippen MR) is 70.1 cm³/mol. The average molecular weight is 262 g/mol. The summed E-state index contributed by atoms with van der Waals surface area (Å²) in [5, 5.41) is 2.74. The van der Waals surface area contributed by atoms with Crippen molar-refractivity contribution < 1.29 is 9.18 Å². The number of nitrogens with two attached hydrogens (primary N) is 1. The largest absolute Gasteiger partial charge is 0.398 e. The van der Waals surface area contributed by atoms with E-state index in [9.17, 15) is 9.18 Å². The van der Waals surface area contributed by atoms with Gasteiger partial charge in [-0.1, -0.05) is 0 Å². The first kappa shape index (κ1) is 13.1. The number of carbonyl (C=O) groups is 1. The van der Waals surface area contributed by atoms with Crippen LogP contribution in [0.4, 0.5) is 10.1 Å². The lowest BCUT2D eigenvalue weighted by Crippen LogP contribution is -2.25. The Hall–Kier alpha value is -2.37. The molecule has 100 valence electrons. The third-order valence-corrected chi connectivity index (χ3v) is 2.69. The van der Waals surface area contributed by atoms with Gasteiger partial charge in [-0.25, -0.2) is 9.37 Å². The van der Waals surface area contributed by atoms with Crippen LogP contribution in [0.3, 0.4) is 0 Å². The van der Waals surface area contributed by atoms with Gasteiger partial charge in [-0.3, -0.25) is 4.79 Å². The minimum Gasteiger partial charge on any atom is -0.398 e. The minimum atomic E-state index is -0.452. The Morgan fingerprint density at radius 1 is 1.47 bits per heavy atom. The van der Waals surface area contributed by atoms with Crippen LogP contribution in [0.1, 0.15) is 22.6 Å². The lowest BCUT2D eigenvalue weighted by atomic mass is 10.1. The summed E-state index contributed by atoms with van der Waals surface area (Å²) < 4.78 is 12.9. The number of hydrogen-bond donors (Lipinski definition) is 3. The maximum absolute atomic E-state index is 12.9. The van der Waals surface area contributed by atoms with Crippen LogP contribution in [0.5, 0.6) is 0 Å². The topological polar surface area (TPSA) is 83.8 Å². The molecule has 1 amide bonds. The number of aryl methyl sites for hydroxylation is 1. The van der Waals surface area contributed by atoms with E-state index in [-0.39, 0.29) is 11.6 Å². The van der Waals surface area contributed by atoms with Crippen LogP contribution in [0.15, 0.2) is 30.6 Å². The molecule has 4 N–H and O–H groups in total. The molecule has 19 heavy (non-hydrogen) atoms. The zero-order chi connectivity index (χ0) is 13.7. The molecule has 0 aliphatic heterocycles. The van der Waals surface area contributed by atoms with Crippen LogP contribution in [-0.4, -0.2) is 22.4 Å². The third-order valence-electron chi connectivity index (χ3n) is 2.69. The number of carbonyl (C=O) groups excluding carboxylic acids is 1. The normalized spacial score (nSPS) is 10.4. The second-order valence-corrected chi connectivity index (χ2v) is 4.13. The number of benzene rings is 1. The minimum absolute atomic E-state index is 0.142. The number of anilines is 1. The highest BCUT2D eigenvalue weighted by atomic mass is 19.1. The Kier molecular flexibility index (Phi) is 4.12. The number of nitrogens with one attached hydrogen (secondary N) is 2. The number of H-pyrrole nitrogens is 1. The van der Waals surface area contributed by atoms with E-state index in [1.807, 2.05) is 0 Å². The summed E-state index contributed by atoms with van der Waals surface area (Å²) in [6, 6.07) is 3.73. The Morgan fingerprint density at radius 2 is 2.32 bits per heavy atom. The van der Waals surface area contributed by atoms with Crippen LogP contribution >= 0.6 is 0 Å². The first-order chi connectivity index (χ1) is 9.16. The van der Waals surface area contributed by atoms with Crippen molar-refractivity contribution in [1.82, 2.24) is 15.3 Å². The van der Waals surface area contributed by atoms with Gasteiger partial charge in [0, 0.05) is 31.0 Å². The summed E-state index contributed by atoms with van der Waals surface area (Å²) in [6.07, 6.45) is 4.97. The molecule has 2 aromatic rings. The maximum Gasteiger partial charge on any atom is 0.253 e. The van der Waals surface area contributed by atoms with Crippen molar-refractivity contribution >= 4 is 11.6 Å². The molecule has 5 nitrogen and oxygen atoms in total. The lowest BCUT2D eigenvalue weighted by Gasteiger charge is -2.07. The number of imidazole rings is 1. The predicted octanol–water partition coefficient (Wildman–Crippen LogP) is 1.49. The van der Waals surface area contributed by atoms with Crippen molar-refractivity contribution in [2.24, 2.45) is 0 Å². The molecule has 0 unspecified atom stereocenters. The number of halogens is 1. The second kappa shape index (κ2) is 5.99. The molecule has 0 fully saturated rings. The van der Waals surface area contributed by atoms with Gasteiger partial charge in [0.05, 0.1) is 5.56 Å². The van der Waals surface area contributed by atoms with Gasteiger partial charge in [0.2, 0.25) is 0 Å². The molecule has 1 aromatic heterocycles. The average Bonchev–Trinajstić information content (AvgIpc) is 2.87. The monoisotopic (exact) mass is 262 g/mol. The molecule has 1 aromatic carbocycles. The van der Waals surface area contributed by atoms with Crippen molar-refractivity contribution in [3.05, 3.63) is 47.8 Å². The van der Waals surface area contributed by atoms with Crippen LogP contribution in [0.25, 0.3) is 0 Å². The van der Waals surface area contributed by atoms with Gasteiger partial charge < -0.3 is 16.0 Å². The highest BCUT2D eigenvalue weighted by Crippen LogP contribution is 2.13. The summed E-state index contributed by atoms with van der Waals surface area (Å²) in [4.78, 5) is 18.9. The fraction of sp³-hybridized carbons (Fsp3) is 0.231. The van der Waals surface area contributed by atoms with Gasteiger partial charge in [0.25, 0.3) is 5.91 Å². The molecule has 0 aliphatic carbocycles. The number of aromatic amines is 1. The zero-order valence-electron chi connectivity index (χ0n) is 10.3. The molecule has 0 saturated carbocycles. The fourth-order valence-electron chi connectivity index (χ4n) is 1.73. The molecule has 0 radical (unpaired) electrons. The Morgan fingerprint density at radius 3 is 3.00 bits per heavy atom. The summed E-state index contributed by atoms with van der Waals surface area (Å²) in [7, 11) is 0. The zero-order valence-corrected chi connectivity index (χ0v) is 10.3. The quantitative estimate of drug-likeness (QED) is 0.564. The van der Waals surface area contributed by atoms with Gasteiger partial charge in [-0.05, 0) is 24.6 Å². The number of nitrogen functional groups attached to an aromatic ring is 1. The van der Waals surface area contributed by atoms with Crippen molar-refractivity contribution in [3.63, 3.8) is 0 Å². The summed E-state index contributed by atoms with van der Waals surface area (Å²) in [5.74, 6) is 0.138. The van der Waals surface area contributed by atoms with E-state index < -0.39 is 5.82 Å². The fourth-order valence-corrected chi connectivity index (χ4v) is 1.73. The third kappa shape index (κ3) is 3.54. The first-order valence-electron chi connectivity index (χ1n) is 5.98. The van der Waals surface area contributed by atoms with Gasteiger partial charge in [-0.15, -0.1) is 0 Å². The summed E-state index contributed by atoms with van der Waals surface area (Å²) in [5.41, 5.74) is 6.02. The van der Waals surface area contributed by atoms with Crippen LogP contribution in [0, 0.1) is 5.82 Å². The van der Waals surface area contributed by atoms with Gasteiger partial charge in [-0.2, -0.15) is 0 Å². The SMILES string of the molecule is Nc1cc(F)ccc1C(=O)NCCCc1ncc[nH]1. The van der Waals surface area contributed by atoms with Crippen LogP contribution in [-0.2, 0) is 6.42 Å². The van der Waals surface area contributed by atoms with Crippen LogP contribution < -0.4 is 11.1 Å². The van der Waals surface area contributed by atoms with Crippen molar-refractivity contribution in [2.75, 3.05) is 12.3 Å². The molecular weight excluding hydrogens is 247 g/mol. The smallest absolute Gasteiger partial charge is 0.253 e. The molecule has 0 saturated heterocycles. The standard InChI is InChI=1S/C13H15FN4O/c14-9-3-4-10(11(15)8-9)13(19)18-5-1-2-12-16-6-7-17-12/h3-4,6-8H,1-2,5,15H2,(H,16,17)(H,18,19). The molecule has 0 bridgehead atoms. The lowest BCUT2D eigenvalue weighted by molar-refractivity contribution is 0.0954. The van der Waals surface area contributed by atoms with Gasteiger partial charge in [0.1, 0.15) is 11.6 Å². The molecule has 0 aliphatic rings. The van der Waals surface area contributed by atoms with E-state index in [0.717, 1.165) is 24.7 Å². The second-order valence-electron chi connectivity index (χ2n) is 4.13. The number of amides is 1. The molecular formula is C13H15FN4O. The van der Waals surface area contributed by atoms with E-state index in [1.54, 1.807) is 12.4 Å². The van der Waals surface area contributed by atoms with Crippen molar-refractivity contribution in [2.45, 2.75) is 12.8 Å². The molecule has 0 atom stereocenters. The van der Waals surface area contributed by atoms with Crippen LogP contribution in [0.2, 0.25) is 0 Å². The number of aromatic nitrogens is 2. The Bertz CT molecular complexity index is 554. The van der Waals surface area contributed by atoms with Gasteiger partial charge in [0.15, 0.2) is 0 Å².